The van der Waals surface area contributed by atoms with Crippen LogP contribution in [0.1, 0.15) is 39.0 Å². The van der Waals surface area contributed by atoms with E-state index in [4.69, 9.17) is 9.47 Å². The van der Waals surface area contributed by atoms with Gasteiger partial charge < -0.3 is 19.9 Å². The Bertz CT molecular complexity index is 796. The summed E-state index contributed by atoms with van der Waals surface area (Å²) in [6.07, 6.45) is 4.66. The first kappa shape index (κ1) is 24.0. The maximum absolute atomic E-state index is 13.2. The maximum Gasteiger partial charge on any atom is 0.323 e. The molecule has 0 saturated carbocycles. The third-order valence-corrected chi connectivity index (χ3v) is 5.96. The van der Waals surface area contributed by atoms with E-state index in [1.54, 1.807) is 31.2 Å². The molecule has 1 unspecified atom stereocenters. The lowest BCUT2D eigenvalue weighted by molar-refractivity contribution is -0.146. The number of rotatable bonds is 10. The van der Waals surface area contributed by atoms with Crippen LogP contribution in [0.15, 0.2) is 24.3 Å². The predicted molar refractivity (Wildman–Crippen MR) is 119 cm³/mol. The van der Waals surface area contributed by atoms with Gasteiger partial charge in [-0.25, -0.2) is 0 Å². The van der Waals surface area contributed by atoms with E-state index in [1.165, 1.54) is 4.90 Å². The number of benzene rings is 1. The quantitative estimate of drug-likeness (QED) is 0.463. The van der Waals surface area contributed by atoms with Crippen molar-refractivity contribution in [1.29, 1.82) is 0 Å². The van der Waals surface area contributed by atoms with Gasteiger partial charge in [-0.15, -0.1) is 0 Å². The standard InChI is InChI=1S/C23H33N3O6/c1-2-31-23(30)17(7-5-6-16-10-12-24-13-11-16)25-18-15-32-20-9-4-3-8-19(20)26(22(18)29)14-21(27)28/h3-4,8-9,16-18,24-25H,2,5-7,10-15H2,1H3,(H,27,28)/t17?,18-/m0/s1. The number of anilines is 1. The Hall–Kier alpha value is -2.65. The number of hydrogen-bond donors (Lipinski definition) is 3. The molecule has 2 aliphatic rings. The van der Waals surface area contributed by atoms with Gasteiger partial charge in [-0.3, -0.25) is 24.6 Å². The topological polar surface area (TPSA) is 117 Å². The van der Waals surface area contributed by atoms with Gasteiger partial charge in [0.05, 0.1) is 12.3 Å². The number of fused-ring (bicyclic) bond motifs is 1. The number of carboxylic acids is 1. The van der Waals surface area contributed by atoms with Gasteiger partial charge >= 0.3 is 11.9 Å². The summed E-state index contributed by atoms with van der Waals surface area (Å²) in [6.45, 7) is 3.55. The van der Waals surface area contributed by atoms with Crippen molar-refractivity contribution in [1.82, 2.24) is 10.6 Å². The minimum absolute atomic E-state index is 0.00380. The van der Waals surface area contributed by atoms with E-state index in [-0.39, 0.29) is 13.2 Å². The maximum atomic E-state index is 13.2. The zero-order chi connectivity index (χ0) is 22.9. The summed E-state index contributed by atoms with van der Waals surface area (Å²) in [5.41, 5.74) is 0.405. The third-order valence-electron chi connectivity index (χ3n) is 5.96. The monoisotopic (exact) mass is 447 g/mol. The first-order valence-electron chi connectivity index (χ1n) is 11.4. The van der Waals surface area contributed by atoms with E-state index in [9.17, 15) is 19.5 Å². The van der Waals surface area contributed by atoms with Crippen LogP contribution in [0.4, 0.5) is 5.69 Å². The van der Waals surface area contributed by atoms with Gasteiger partial charge in [-0.05, 0) is 57.3 Å². The summed E-state index contributed by atoms with van der Waals surface area (Å²) in [7, 11) is 0. The molecule has 0 aliphatic carbocycles. The number of carboxylic acid groups (broad SMARTS) is 1. The first-order valence-corrected chi connectivity index (χ1v) is 11.4. The highest BCUT2D eigenvalue weighted by atomic mass is 16.5. The second kappa shape index (κ2) is 11.8. The Balaban J connectivity index is 1.70. The molecule has 3 rings (SSSR count). The normalized spacial score (nSPS) is 20.1. The van der Waals surface area contributed by atoms with Gasteiger partial charge in [0.15, 0.2) is 0 Å². The van der Waals surface area contributed by atoms with Gasteiger partial charge in [0, 0.05) is 0 Å². The number of esters is 1. The van der Waals surface area contributed by atoms with Gasteiger partial charge in [0.25, 0.3) is 0 Å². The van der Waals surface area contributed by atoms with Crippen LogP contribution in [-0.2, 0) is 19.1 Å². The molecular weight excluding hydrogens is 414 g/mol. The molecule has 0 spiro atoms. The molecule has 32 heavy (non-hydrogen) atoms. The molecule has 9 heteroatoms. The lowest BCUT2D eigenvalue weighted by Gasteiger charge is -2.27. The van der Waals surface area contributed by atoms with Crippen molar-refractivity contribution in [2.75, 3.05) is 37.7 Å². The molecular formula is C23H33N3O6. The van der Waals surface area contributed by atoms with Crippen LogP contribution >= 0.6 is 0 Å². The smallest absolute Gasteiger partial charge is 0.323 e. The van der Waals surface area contributed by atoms with Gasteiger partial charge in [-0.2, -0.15) is 0 Å². The van der Waals surface area contributed by atoms with Crippen LogP contribution < -0.4 is 20.3 Å². The minimum atomic E-state index is -1.13. The van der Waals surface area contributed by atoms with Gasteiger partial charge in [0.1, 0.15) is 31.0 Å². The molecule has 2 heterocycles. The van der Waals surface area contributed by atoms with E-state index < -0.39 is 36.5 Å². The van der Waals surface area contributed by atoms with Crippen LogP contribution in [0.5, 0.6) is 5.75 Å². The molecule has 176 valence electrons. The van der Waals surface area contributed by atoms with Crippen LogP contribution in [-0.4, -0.2) is 67.9 Å². The summed E-state index contributed by atoms with van der Waals surface area (Å²) < 4.78 is 11.0. The number of carbonyl (C=O) groups excluding carboxylic acids is 2. The summed E-state index contributed by atoms with van der Waals surface area (Å²) >= 11 is 0. The number of nitrogens with zero attached hydrogens (tertiary/aromatic N) is 1. The third kappa shape index (κ3) is 6.43. The Kier molecular flexibility index (Phi) is 8.87. The van der Waals surface area contributed by atoms with Crippen molar-refractivity contribution in [2.24, 2.45) is 5.92 Å². The Morgan fingerprint density at radius 1 is 1.31 bits per heavy atom. The zero-order valence-electron chi connectivity index (χ0n) is 18.5. The number of carbonyl (C=O) groups is 3. The van der Waals surface area contributed by atoms with E-state index in [2.05, 4.69) is 10.6 Å². The molecule has 0 radical (unpaired) electrons. The fraction of sp³-hybridized carbons (Fsp3) is 0.609. The van der Waals surface area contributed by atoms with Crippen molar-refractivity contribution in [3.05, 3.63) is 24.3 Å². The van der Waals surface area contributed by atoms with Crippen LogP contribution in [0.25, 0.3) is 0 Å². The van der Waals surface area contributed by atoms with E-state index in [0.717, 1.165) is 38.8 Å². The lowest BCUT2D eigenvalue weighted by Crippen LogP contribution is -2.54. The summed E-state index contributed by atoms with van der Waals surface area (Å²) in [5, 5.41) is 15.8. The largest absolute Gasteiger partial charge is 0.489 e. The number of piperidine rings is 1. The van der Waals surface area contributed by atoms with Crippen molar-refractivity contribution >= 4 is 23.5 Å². The molecule has 1 fully saturated rings. The second-order valence-corrected chi connectivity index (χ2v) is 8.25. The molecule has 3 N–H and O–H groups in total. The average molecular weight is 448 g/mol. The number of hydrogen-bond acceptors (Lipinski definition) is 7. The Morgan fingerprint density at radius 2 is 2.06 bits per heavy atom. The van der Waals surface area contributed by atoms with Crippen molar-refractivity contribution < 1.29 is 29.0 Å². The molecule has 0 bridgehead atoms. The summed E-state index contributed by atoms with van der Waals surface area (Å²) in [6, 6.07) is 5.30. The SMILES string of the molecule is CCOC(=O)C(CCCC1CCNCC1)N[C@H]1COc2ccccc2N(CC(=O)O)C1=O. The van der Waals surface area contributed by atoms with E-state index >= 15 is 0 Å². The zero-order valence-corrected chi connectivity index (χ0v) is 18.5. The Labute approximate surface area is 188 Å². The molecule has 2 atom stereocenters. The van der Waals surface area contributed by atoms with Gasteiger partial charge in [0.2, 0.25) is 5.91 Å². The molecule has 1 saturated heterocycles. The highest BCUT2D eigenvalue weighted by molar-refractivity contribution is 6.02. The van der Waals surface area contributed by atoms with Crippen LogP contribution in [0, 0.1) is 5.92 Å². The van der Waals surface area contributed by atoms with Crippen LogP contribution in [0.3, 0.4) is 0 Å². The minimum Gasteiger partial charge on any atom is -0.489 e. The van der Waals surface area contributed by atoms with Gasteiger partial charge in [-0.1, -0.05) is 25.0 Å². The molecule has 2 aliphatic heterocycles. The fourth-order valence-electron chi connectivity index (χ4n) is 4.31. The highest BCUT2D eigenvalue weighted by Crippen LogP contribution is 2.31. The molecule has 1 aromatic rings. The number of ether oxygens (including phenoxy) is 2. The van der Waals surface area contributed by atoms with Crippen molar-refractivity contribution in [3.8, 4) is 5.75 Å². The number of para-hydroxylation sites is 2. The van der Waals surface area contributed by atoms with Crippen LogP contribution in [0.2, 0.25) is 0 Å². The molecule has 1 amide bonds. The summed E-state index contributed by atoms with van der Waals surface area (Å²) in [5.74, 6) is -0.896. The number of nitrogens with one attached hydrogen (secondary N) is 2. The fourth-order valence-corrected chi connectivity index (χ4v) is 4.31. The molecule has 0 aromatic heterocycles. The Morgan fingerprint density at radius 3 is 2.78 bits per heavy atom. The van der Waals surface area contributed by atoms with E-state index in [1.807, 2.05) is 0 Å². The van der Waals surface area contributed by atoms with Crippen molar-refractivity contribution in [2.45, 2.75) is 51.1 Å². The first-order chi connectivity index (χ1) is 15.5. The number of amides is 1. The molecule has 9 nitrogen and oxygen atoms in total. The van der Waals surface area contributed by atoms with Crippen molar-refractivity contribution in [3.63, 3.8) is 0 Å². The summed E-state index contributed by atoms with van der Waals surface area (Å²) in [4.78, 5) is 38.5. The lowest BCUT2D eigenvalue weighted by atomic mass is 9.91. The number of aliphatic carboxylic acids is 1. The second-order valence-electron chi connectivity index (χ2n) is 8.25. The van der Waals surface area contributed by atoms with E-state index in [0.29, 0.717) is 23.8 Å². The predicted octanol–water partition coefficient (Wildman–Crippen LogP) is 1.56. The highest BCUT2D eigenvalue weighted by Gasteiger charge is 2.35. The average Bonchev–Trinajstić information content (AvgIpc) is 2.91. The molecule has 1 aromatic carbocycles.